The van der Waals surface area contributed by atoms with Crippen LogP contribution in [-0.2, 0) is 19.1 Å². The molecule has 0 spiro atoms. The SMILES string of the molecule is COCCOCC(=O)N1CCC(CC(=O)Nc2cc3c(cc2C(C)=O)OCO3)CC1. The van der Waals surface area contributed by atoms with Gasteiger partial charge in [-0.05, 0) is 31.7 Å². The van der Waals surface area contributed by atoms with Gasteiger partial charge in [-0.25, -0.2) is 0 Å². The quantitative estimate of drug-likeness (QED) is 0.480. The summed E-state index contributed by atoms with van der Waals surface area (Å²) < 4.78 is 20.8. The number of carbonyl (C=O) groups is 3. The van der Waals surface area contributed by atoms with E-state index in [4.69, 9.17) is 18.9 Å². The van der Waals surface area contributed by atoms with Gasteiger partial charge in [0.15, 0.2) is 17.3 Å². The van der Waals surface area contributed by atoms with Crippen LogP contribution in [0.4, 0.5) is 5.69 Å². The molecule has 0 atom stereocenters. The van der Waals surface area contributed by atoms with Crippen molar-refractivity contribution in [3.63, 3.8) is 0 Å². The van der Waals surface area contributed by atoms with Crippen LogP contribution in [0.1, 0.15) is 36.5 Å². The van der Waals surface area contributed by atoms with Crippen molar-refractivity contribution in [1.82, 2.24) is 4.90 Å². The third-order valence-electron chi connectivity index (χ3n) is 5.26. The Morgan fingerprint density at radius 3 is 2.50 bits per heavy atom. The normalized spacial score (nSPS) is 15.9. The molecule has 0 bridgehead atoms. The predicted molar refractivity (Wildman–Crippen MR) is 108 cm³/mol. The summed E-state index contributed by atoms with van der Waals surface area (Å²) in [5.74, 6) is 0.821. The first-order valence-electron chi connectivity index (χ1n) is 10.1. The number of likely N-dealkylation sites (tertiary alicyclic amines) is 1. The fraction of sp³-hybridized carbons (Fsp3) is 0.571. The summed E-state index contributed by atoms with van der Waals surface area (Å²) in [6.45, 7) is 3.64. The second kappa shape index (κ2) is 10.4. The van der Waals surface area contributed by atoms with Gasteiger partial charge >= 0.3 is 0 Å². The average Bonchev–Trinajstić information content (AvgIpc) is 3.18. The summed E-state index contributed by atoms with van der Waals surface area (Å²) in [5.41, 5.74) is 0.819. The maximum absolute atomic E-state index is 12.6. The van der Waals surface area contributed by atoms with E-state index in [-0.39, 0.29) is 36.9 Å². The molecule has 0 saturated carbocycles. The Bertz CT molecular complexity index is 788. The van der Waals surface area contributed by atoms with Crippen molar-refractivity contribution in [3.8, 4) is 11.5 Å². The zero-order chi connectivity index (χ0) is 21.5. The zero-order valence-corrected chi connectivity index (χ0v) is 17.4. The van der Waals surface area contributed by atoms with Gasteiger partial charge in [0.2, 0.25) is 18.6 Å². The lowest BCUT2D eigenvalue weighted by Gasteiger charge is -2.31. The third kappa shape index (κ3) is 5.70. The number of hydrogen-bond acceptors (Lipinski definition) is 7. The van der Waals surface area contributed by atoms with E-state index in [0.29, 0.717) is 55.5 Å². The van der Waals surface area contributed by atoms with Gasteiger partial charge < -0.3 is 29.2 Å². The summed E-state index contributed by atoms with van der Waals surface area (Å²) in [7, 11) is 1.58. The molecular formula is C21H28N2O7. The molecule has 0 aliphatic carbocycles. The molecular weight excluding hydrogens is 392 g/mol. The van der Waals surface area contributed by atoms with Crippen molar-refractivity contribution in [2.75, 3.05) is 52.1 Å². The van der Waals surface area contributed by atoms with Gasteiger partial charge in [-0.15, -0.1) is 0 Å². The lowest BCUT2D eigenvalue weighted by molar-refractivity contribution is -0.138. The molecule has 2 aliphatic heterocycles. The molecule has 1 saturated heterocycles. The molecule has 1 N–H and O–H groups in total. The van der Waals surface area contributed by atoms with E-state index in [1.54, 1.807) is 24.1 Å². The van der Waals surface area contributed by atoms with E-state index in [0.717, 1.165) is 12.8 Å². The highest BCUT2D eigenvalue weighted by Gasteiger charge is 2.25. The number of nitrogens with zero attached hydrogens (tertiary/aromatic N) is 1. The van der Waals surface area contributed by atoms with E-state index in [1.807, 2.05) is 0 Å². The van der Waals surface area contributed by atoms with E-state index >= 15 is 0 Å². The van der Waals surface area contributed by atoms with Gasteiger partial charge in [0, 0.05) is 38.2 Å². The highest BCUT2D eigenvalue weighted by atomic mass is 16.7. The van der Waals surface area contributed by atoms with Crippen LogP contribution in [0.3, 0.4) is 0 Å². The van der Waals surface area contributed by atoms with Crippen LogP contribution in [0, 0.1) is 5.92 Å². The highest BCUT2D eigenvalue weighted by Crippen LogP contribution is 2.37. The Hall–Kier alpha value is -2.65. The molecule has 0 aromatic heterocycles. The number of nitrogens with one attached hydrogen (secondary N) is 1. The van der Waals surface area contributed by atoms with Gasteiger partial charge in [-0.3, -0.25) is 14.4 Å². The summed E-state index contributed by atoms with van der Waals surface area (Å²) in [4.78, 5) is 38.4. The molecule has 9 heteroatoms. The second-order valence-corrected chi connectivity index (χ2v) is 7.43. The number of piperidine rings is 1. The van der Waals surface area contributed by atoms with Crippen molar-refractivity contribution in [2.24, 2.45) is 5.92 Å². The Morgan fingerprint density at radius 1 is 1.13 bits per heavy atom. The molecule has 2 heterocycles. The van der Waals surface area contributed by atoms with E-state index in [2.05, 4.69) is 5.32 Å². The van der Waals surface area contributed by atoms with Crippen LogP contribution in [0.15, 0.2) is 12.1 Å². The maximum atomic E-state index is 12.6. The molecule has 1 aromatic rings. The number of amides is 2. The molecule has 30 heavy (non-hydrogen) atoms. The van der Waals surface area contributed by atoms with Gasteiger partial charge in [0.1, 0.15) is 6.61 Å². The fourth-order valence-electron chi connectivity index (χ4n) is 3.58. The summed E-state index contributed by atoms with van der Waals surface area (Å²) in [6.07, 6.45) is 1.83. The zero-order valence-electron chi connectivity index (χ0n) is 17.4. The van der Waals surface area contributed by atoms with Gasteiger partial charge in [-0.2, -0.15) is 0 Å². The van der Waals surface area contributed by atoms with E-state index < -0.39 is 0 Å². The van der Waals surface area contributed by atoms with Gasteiger partial charge in [0.25, 0.3) is 0 Å². The van der Waals surface area contributed by atoms with Crippen LogP contribution >= 0.6 is 0 Å². The standard InChI is InChI=1S/C21H28N2O7/c1-14(24)16-10-18-19(30-13-29-18)11-17(16)22-20(25)9-15-3-5-23(6-4-15)21(26)12-28-8-7-27-2/h10-11,15H,3-9,12-13H2,1-2H3,(H,22,25). The number of methoxy groups -OCH3 is 1. The second-order valence-electron chi connectivity index (χ2n) is 7.43. The third-order valence-corrected chi connectivity index (χ3v) is 5.26. The Labute approximate surface area is 175 Å². The first-order chi connectivity index (χ1) is 14.5. The topological polar surface area (TPSA) is 103 Å². The minimum atomic E-state index is -0.164. The molecule has 1 aromatic carbocycles. The van der Waals surface area contributed by atoms with Crippen molar-refractivity contribution in [1.29, 1.82) is 0 Å². The largest absolute Gasteiger partial charge is 0.454 e. The first-order valence-corrected chi connectivity index (χ1v) is 10.1. The molecule has 2 amide bonds. The molecule has 3 rings (SSSR count). The molecule has 0 unspecified atom stereocenters. The van der Waals surface area contributed by atoms with Crippen LogP contribution in [-0.4, -0.2) is 69.3 Å². The minimum absolute atomic E-state index is 0.0412. The van der Waals surface area contributed by atoms with Crippen molar-refractivity contribution in [2.45, 2.75) is 26.2 Å². The maximum Gasteiger partial charge on any atom is 0.248 e. The van der Waals surface area contributed by atoms with Crippen LogP contribution in [0.25, 0.3) is 0 Å². The van der Waals surface area contributed by atoms with Crippen molar-refractivity contribution in [3.05, 3.63) is 17.7 Å². The number of benzene rings is 1. The number of anilines is 1. The fourth-order valence-corrected chi connectivity index (χ4v) is 3.58. The molecule has 1 fully saturated rings. The van der Waals surface area contributed by atoms with Crippen LogP contribution < -0.4 is 14.8 Å². The van der Waals surface area contributed by atoms with E-state index in [9.17, 15) is 14.4 Å². The number of ketones is 1. The number of hydrogen-bond donors (Lipinski definition) is 1. The van der Waals surface area contributed by atoms with Gasteiger partial charge in [-0.1, -0.05) is 0 Å². The number of fused-ring (bicyclic) bond motifs is 1. The Morgan fingerprint density at radius 2 is 1.83 bits per heavy atom. The van der Waals surface area contributed by atoms with Crippen molar-refractivity contribution >= 4 is 23.3 Å². The lowest BCUT2D eigenvalue weighted by Crippen LogP contribution is -2.41. The van der Waals surface area contributed by atoms with Crippen LogP contribution in [0.2, 0.25) is 0 Å². The first kappa shape index (κ1) is 22.0. The molecule has 9 nitrogen and oxygen atoms in total. The summed E-state index contributed by atoms with van der Waals surface area (Å²) in [6, 6.07) is 3.22. The number of rotatable bonds is 9. The summed E-state index contributed by atoms with van der Waals surface area (Å²) in [5, 5.41) is 2.84. The van der Waals surface area contributed by atoms with Crippen LogP contribution in [0.5, 0.6) is 11.5 Å². The minimum Gasteiger partial charge on any atom is -0.454 e. The summed E-state index contributed by atoms with van der Waals surface area (Å²) >= 11 is 0. The Kier molecular flexibility index (Phi) is 7.64. The number of Topliss-reactive ketones (excluding diaryl/α,β-unsaturated/α-hetero) is 1. The monoisotopic (exact) mass is 420 g/mol. The lowest BCUT2D eigenvalue weighted by atomic mass is 9.93. The average molecular weight is 420 g/mol. The van der Waals surface area contributed by atoms with E-state index in [1.165, 1.54) is 6.92 Å². The van der Waals surface area contributed by atoms with Crippen molar-refractivity contribution < 1.29 is 33.3 Å². The van der Waals surface area contributed by atoms with Gasteiger partial charge in [0.05, 0.1) is 18.9 Å². The Balaban J connectivity index is 1.48. The number of carbonyl (C=O) groups excluding carboxylic acids is 3. The smallest absolute Gasteiger partial charge is 0.248 e. The highest BCUT2D eigenvalue weighted by molar-refractivity contribution is 6.04. The molecule has 0 radical (unpaired) electrons. The predicted octanol–water partition coefficient (Wildman–Crippen LogP) is 1.85. The molecule has 164 valence electrons. The number of ether oxygens (including phenoxy) is 4. The molecule has 2 aliphatic rings.